The lowest BCUT2D eigenvalue weighted by molar-refractivity contribution is 0.106. The van der Waals surface area contributed by atoms with Crippen molar-refractivity contribution in [3.63, 3.8) is 0 Å². The van der Waals surface area contributed by atoms with E-state index < -0.39 is 0 Å². The monoisotopic (exact) mass is 219 g/mol. The number of benzene rings is 1. The Morgan fingerprint density at radius 2 is 1.69 bits per heavy atom. The number of aliphatic hydroxyl groups excluding tert-OH is 1. The minimum atomic E-state index is -0.140. The Morgan fingerprint density at radius 1 is 1.06 bits per heavy atom. The topological polar surface area (TPSA) is 23.5 Å². The van der Waals surface area contributed by atoms with Crippen molar-refractivity contribution in [2.75, 3.05) is 19.0 Å². The van der Waals surface area contributed by atoms with E-state index in [9.17, 15) is 5.11 Å². The zero-order valence-corrected chi connectivity index (χ0v) is 10.2. The Hall–Kier alpha value is -1.02. The van der Waals surface area contributed by atoms with E-state index in [1.165, 1.54) is 24.1 Å². The molecule has 0 radical (unpaired) electrons. The molecule has 1 aliphatic rings. The Morgan fingerprint density at radius 3 is 2.25 bits per heavy atom. The van der Waals surface area contributed by atoms with Gasteiger partial charge in [-0.05, 0) is 30.5 Å². The van der Waals surface area contributed by atoms with Crippen LogP contribution >= 0.6 is 0 Å². The molecule has 2 heteroatoms. The molecule has 0 amide bonds. The smallest absolute Gasteiger partial charge is 0.0608 e. The predicted molar refractivity (Wildman–Crippen MR) is 68.0 cm³/mol. The summed E-state index contributed by atoms with van der Waals surface area (Å²) in [5, 5.41) is 9.99. The molecule has 88 valence electrons. The van der Waals surface area contributed by atoms with Gasteiger partial charge in [0.05, 0.1) is 6.10 Å². The summed E-state index contributed by atoms with van der Waals surface area (Å²) in [7, 11) is 4.09. The molecule has 1 N–H and O–H groups in total. The minimum Gasteiger partial charge on any atom is -0.392 e. The fourth-order valence-electron chi connectivity index (χ4n) is 2.52. The van der Waals surface area contributed by atoms with Crippen LogP contribution < -0.4 is 4.90 Å². The molecular formula is C14H21NO. The molecule has 0 bridgehead atoms. The minimum absolute atomic E-state index is 0.140. The van der Waals surface area contributed by atoms with E-state index in [-0.39, 0.29) is 6.10 Å². The quantitative estimate of drug-likeness (QED) is 0.826. The first-order chi connectivity index (χ1) is 7.68. The summed E-state index contributed by atoms with van der Waals surface area (Å²) in [5.41, 5.74) is 2.51. The lowest BCUT2D eigenvalue weighted by atomic mass is 9.82. The fraction of sp³-hybridized carbons (Fsp3) is 0.571. The second-order valence-electron chi connectivity index (χ2n) is 4.94. The number of aliphatic hydroxyl groups is 1. The lowest BCUT2D eigenvalue weighted by Gasteiger charge is -2.28. The van der Waals surface area contributed by atoms with Crippen molar-refractivity contribution in [1.82, 2.24) is 0 Å². The van der Waals surface area contributed by atoms with E-state index in [1.807, 2.05) is 14.1 Å². The average molecular weight is 219 g/mol. The van der Waals surface area contributed by atoms with Crippen molar-refractivity contribution in [2.45, 2.75) is 37.7 Å². The van der Waals surface area contributed by atoms with Gasteiger partial charge in [0, 0.05) is 25.7 Å². The molecule has 1 aromatic carbocycles. The van der Waals surface area contributed by atoms with Crippen molar-refractivity contribution in [1.29, 1.82) is 0 Å². The number of nitrogens with zero attached hydrogens (tertiary/aromatic N) is 1. The number of rotatable bonds is 2. The first-order valence-electron chi connectivity index (χ1n) is 6.14. The highest BCUT2D eigenvalue weighted by molar-refractivity contribution is 5.46. The van der Waals surface area contributed by atoms with Crippen LogP contribution in [0.3, 0.4) is 0 Å². The molecule has 0 spiro atoms. The molecule has 0 heterocycles. The van der Waals surface area contributed by atoms with Crippen LogP contribution in [-0.2, 0) is 0 Å². The second-order valence-corrected chi connectivity index (χ2v) is 4.94. The third kappa shape index (κ3) is 2.38. The van der Waals surface area contributed by atoms with Crippen molar-refractivity contribution >= 4 is 5.69 Å². The maximum Gasteiger partial charge on any atom is 0.0608 e. The van der Waals surface area contributed by atoms with Crippen molar-refractivity contribution in [3.05, 3.63) is 29.8 Å². The Balaban J connectivity index is 2.14. The third-order valence-electron chi connectivity index (χ3n) is 3.57. The summed E-state index contributed by atoms with van der Waals surface area (Å²) >= 11 is 0. The molecule has 2 nitrogen and oxygen atoms in total. The van der Waals surface area contributed by atoms with Crippen molar-refractivity contribution < 1.29 is 5.11 Å². The van der Waals surface area contributed by atoms with E-state index in [0.29, 0.717) is 5.92 Å². The molecule has 2 atom stereocenters. The summed E-state index contributed by atoms with van der Waals surface area (Å²) in [6.45, 7) is 0. The molecule has 1 fully saturated rings. The fourth-order valence-corrected chi connectivity index (χ4v) is 2.52. The second kappa shape index (κ2) is 4.88. The Bertz CT molecular complexity index is 331. The zero-order chi connectivity index (χ0) is 11.5. The zero-order valence-electron chi connectivity index (χ0n) is 10.2. The van der Waals surface area contributed by atoms with Gasteiger partial charge in [-0.1, -0.05) is 25.0 Å². The molecule has 0 aromatic heterocycles. The van der Waals surface area contributed by atoms with Gasteiger partial charge in [0.2, 0.25) is 0 Å². The summed E-state index contributed by atoms with van der Waals surface area (Å²) in [5.74, 6) is 0.352. The van der Waals surface area contributed by atoms with Gasteiger partial charge in [-0.25, -0.2) is 0 Å². The molecule has 0 aliphatic heterocycles. The van der Waals surface area contributed by atoms with E-state index in [4.69, 9.17) is 0 Å². The SMILES string of the molecule is CN(C)c1ccc([C@@H]2CCCC[C@@H]2O)cc1. The Labute approximate surface area is 97.9 Å². The number of hydrogen-bond donors (Lipinski definition) is 1. The number of hydrogen-bond acceptors (Lipinski definition) is 2. The molecule has 2 rings (SSSR count). The molecule has 0 saturated heterocycles. The van der Waals surface area contributed by atoms with Crippen LogP contribution in [0.1, 0.15) is 37.2 Å². The van der Waals surface area contributed by atoms with E-state index in [1.54, 1.807) is 0 Å². The van der Waals surface area contributed by atoms with Gasteiger partial charge < -0.3 is 10.0 Å². The van der Waals surface area contributed by atoms with Crippen LogP contribution in [0.2, 0.25) is 0 Å². The summed E-state index contributed by atoms with van der Waals surface area (Å²) in [6.07, 6.45) is 4.37. The van der Waals surface area contributed by atoms with Crippen LogP contribution in [0.4, 0.5) is 5.69 Å². The lowest BCUT2D eigenvalue weighted by Crippen LogP contribution is -2.22. The molecule has 1 saturated carbocycles. The maximum atomic E-state index is 9.99. The van der Waals surface area contributed by atoms with Gasteiger partial charge in [-0.2, -0.15) is 0 Å². The van der Waals surface area contributed by atoms with Crippen LogP contribution in [0, 0.1) is 0 Å². The Kier molecular flexibility index (Phi) is 3.49. The standard InChI is InChI=1S/C14H21NO/c1-15(2)12-9-7-11(8-10-12)13-5-3-4-6-14(13)16/h7-10,13-14,16H,3-6H2,1-2H3/t13-,14-/m0/s1. The predicted octanol–water partition coefficient (Wildman–Crippen LogP) is 2.77. The highest BCUT2D eigenvalue weighted by Crippen LogP contribution is 2.33. The van der Waals surface area contributed by atoms with Gasteiger partial charge in [0.1, 0.15) is 0 Å². The van der Waals surface area contributed by atoms with E-state index in [2.05, 4.69) is 29.2 Å². The van der Waals surface area contributed by atoms with Crippen molar-refractivity contribution in [2.24, 2.45) is 0 Å². The molecule has 16 heavy (non-hydrogen) atoms. The third-order valence-corrected chi connectivity index (χ3v) is 3.57. The van der Waals surface area contributed by atoms with Crippen LogP contribution in [0.25, 0.3) is 0 Å². The molecule has 1 aliphatic carbocycles. The van der Waals surface area contributed by atoms with Gasteiger partial charge >= 0.3 is 0 Å². The van der Waals surface area contributed by atoms with Crippen LogP contribution in [0.5, 0.6) is 0 Å². The summed E-state index contributed by atoms with van der Waals surface area (Å²) < 4.78 is 0. The molecule has 0 unspecified atom stereocenters. The maximum absolute atomic E-state index is 9.99. The summed E-state index contributed by atoms with van der Waals surface area (Å²) in [6, 6.07) is 8.59. The normalized spacial score (nSPS) is 25.4. The highest BCUT2D eigenvalue weighted by Gasteiger charge is 2.24. The van der Waals surface area contributed by atoms with Gasteiger partial charge in [0.25, 0.3) is 0 Å². The average Bonchev–Trinajstić information content (AvgIpc) is 2.30. The van der Waals surface area contributed by atoms with E-state index in [0.717, 1.165) is 12.8 Å². The largest absolute Gasteiger partial charge is 0.392 e. The summed E-state index contributed by atoms with van der Waals surface area (Å²) in [4.78, 5) is 2.10. The van der Waals surface area contributed by atoms with Crippen LogP contribution in [-0.4, -0.2) is 25.3 Å². The first-order valence-corrected chi connectivity index (χ1v) is 6.14. The molecule has 1 aromatic rings. The van der Waals surface area contributed by atoms with E-state index >= 15 is 0 Å². The van der Waals surface area contributed by atoms with Gasteiger partial charge in [0.15, 0.2) is 0 Å². The first kappa shape index (κ1) is 11.5. The van der Waals surface area contributed by atoms with Crippen LogP contribution in [0.15, 0.2) is 24.3 Å². The highest BCUT2D eigenvalue weighted by atomic mass is 16.3. The van der Waals surface area contributed by atoms with Gasteiger partial charge in [-0.15, -0.1) is 0 Å². The molecular weight excluding hydrogens is 198 g/mol. The van der Waals surface area contributed by atoms with Crippen molar-refractivity contribution in [3.8, 4) is 0 Å². The number of anilines is 1. The van der Waals surface area contributed by atoms with Gasteiger partial charge in [-0.3, -0.25) is 0 Å².